The van der Waals surface area contributed by atoms with E-state index >= 15 is 0 Å². The molecule has 0 amide bonds. The Kier molecular flexibility index (Phi) is 3.93. The molecule has 4 heteroatoms. The number of rotatable bonds is 4. The minimum Gasteiger partial charge on any atom is -0.305 e. The van der Waals surface area contributed by atoms with E-state index in [9.17, 15) is 0 Å². The topological polar surface area (TPSA) is 30.7 Å². The van der Waals surface area contributed by atoms with Crippen LogP contribution in [0.15, 0.2) is 42.5 Å². The summed E-state index contributed by atoms with van der Waals surface area (Å²) in [6.45, 7) is 4.18. The summed E-state index contributed by atoms with van der Waals surface area (Å²) >= 11 is 5.94. The summed E-state index contributed by atoms with van der Waals surface area (Å²) in [7, 11) is 0. The van der Waals surface area contributed by atoms with E-state index in [4.69, 9.17) is 16.6 Å². The Morgan fingerprint density at radius 3 is 2.57 bits per heavy atom. The molecule has 0 N–H and O–H groups in total. The molecule has 0 saturated carbocycles. The first-order valence-corrected chi connectivity index (χ1v) is 7.69. The Balaban J connectivity index is 2.18. The van der Waals surface area contributed by atoms with Crippen molar-refractivity contribution in [1.29, 1.82) is 0 Å². The highest BCUT2D eigenvalue weighted by Gasteiger charge is 2.17. The average Bonchev–Trinajstić information content (AvgIpc) is 2.85. The lowest BCUT2D eigenvalue weighted by Gasteiger charge is -2.17. The van der Waals surface area contributed by atoms with Crippen molar-refractivity contribution in [3.63, 3.8) is 0 Å². The van der Waals surface area contributed by atoms with Gasteiger partial charge in [-0.1, -0.05) is 30.3 Å². The number of fused-ring (bicyclic) bond motifs is 1. The summed E-state index contributed by atoms with van der Waals surface area (Å²) in [5, 5.41) is 0. The van der Waals surface area contributed by atoms with Gasteiger partial charge in [0.15, 0.2) is 5.65 Å². The van der Waals surface area contributed by atoms with E-state index in [1.807, 2.05) is 25.1 Å². The van der Waals surface area contributed by atoms with Gasteiger partial charge in [0.2, 0.25) is 0 Å². The first-order chi connectivity index (χ1) is 10.2. The number of halogens is 1. The molecule has 1 unspecified atom stereocenters. The number of pyridine rings is 1. The first kappa shape index (κ1) is 14.1. The Morgan fingerprint density at radius 1 is 1.10 bits per heavy atom. The lowest BCUT2D eigenvalue weighted by Crippen LogP contribution is -2.12. The van der Waals surface area contributed by atoms with E-state index in [1.165, 1.54) is 5.56 Å². The second-order valence-corrected chi connectivity index (χ2v) is 5.60. The van der Waals surface area contributed by atoms with Gasteiger partial charge in [0.05, 0.1) is 6.04 Å². The van der Waals surface area contributed by atoms with Crippen LogP contribution in [0.2, 0.25) is 0 Å². The molecule has 1 aromatic carbocycles. The number of imidazole rings is 1. The fourth-order valence-corrected chi connectivity index (χ4v) is 2.83. The quantitative estimate of drug-likeness (QED) is 0.678. The molecule has 21 heavy (non-hydrogen) atoms. The van der Waals surface area contributed by atoms with Crippen LogP contribution in [0.4, 0.5) is 0 Å². The van der Waals surface area contributed by atoms with Crippen LogP contribution in [-0.4, -0.2) is 20.4 Å². The van der Waals surface area contributed by atoms with Gasteiger partial charge in [-0.15, -0.1) is 11.6 Å². The van der Waals surface area contributed by atoms with Crippen LogP contribution >= 0.6 is 11.6 Å². The van der Waals surface area contributed by atoms with Crippen LogP contribution in [0.3, 0.4) is 0 Å². The van der Waals surface area contributed by atoms with E-state index in [1.54, 1.807) is 0 Å². The zero-order chi connectivity index (χ0) is 14.8. The van der Waals surface area contributed by atoms with Crippen molar-refractivity contribution in [1.82, 2.24) is 14.5 Å². The molecule has 0 fully saturated rings. The van der Waals surface area contributed by atoms with Crippen LogP contribution in [-0.2, 0) is 6.42 Å². The normalized spacial score (nSPS) is 12.7. The van der Waals surface area contributed by atoms with Crippen LogP contribution in [0.5, 0.6) is 0 Å². The minimum atomic E-state index is 0.184. The van der Waals surface area contributed by atoms with Gasteiger partial charge < -0.3 is 4.57 Å². The maximum atomic E-state index is 5.94. The predicted octanol–water partition coefficient (Wildman–Crippen LogP) is 4.13. The highest BCUT2D eigenvalue weighted by atomic mass is 35.5. The van der Waals surface area contributed by atoms with Gasteiger partial charge in [0.25, 0.3) is 0 Å². The van der Waals surface area contributed by atoms with Gasteiger partial charge >= 0.3 is 0 Å². The third-order valence-corrected chi connectivity index (χ3v) is 3.93. The Bertz CT molecular complexity index is 749. The minimum absolute atomic E-state index is 0.184. The largest absolute Gasteiger partial charge is 0.305 e. The molecule has 0 aliphatic heterocycles. The smallest absolute Gasteiger partial charge is 0.160 e. The number of hydrogen-bond donors (Lipinski definition) is 0. The second-order valence-electron chi connectivity index (χ2n) is 5.22. The number of aromatic nitrogens is 3. The van der Waals surface area contributed by atoms with Crippen molar-refractivity contribution in [3.8, 4) is 0 Å². The lowest BCUT2D eigenvalue weighted by atomic mass is 10.1. The molecule has 108 valence electrons. The van der Waals surface area contributed by atoms with Crippen molar-refractivity contribution in [2.45, 2.75) is 26.3 Å². The standard InChI is InChI=1S/C17H18ClN3/c1-12-8-9-15-17(19-12)21(16(20-15)10-11-18)13(2)14-6-4-3-5-7-14/h3-9,13H,10-11H2,1-2H3. The third kappa shape index (κ3) is 2.66. The average molecular weight is 300 g/mol. The van der Waals surface area contributed by atoms with Gasteiger partial charge in [-0.25, -0.2) is 9.97 Å². The molecule has 1 atom stereocenters. The molecule has 0 spiro atoms. The number of aryl methyl sites for hydroxylation is 2. The summed E-state index contributed by atoms with van der Waals surface area (Å²) in [4.78, 5) is 9.39. The SMILES string of the molecule is Cc1ccc2nc(CCCl)n(C(C)c3ccccc3)c2n1. The van der Waals surface area contributed by atoms with E-state index in [0.29, 0.717) is 5.88 Å². The first-order valence-electron chi connectivity index (χ1n) is 7.16. The monoisotopic (exact) mass is 299 g/mol. The number of benzene rings is 1. The molecule has 3 nitrogen and oxygen atoms in total. The zero-order valence-corrected chi connectivity index (χ0v) is 13.0. The zero-order valence-electron chi connectivity index (χ0n) is 12.3. The number of hydrogen-bond acceptors (Lipinski definition) is 2. The van der Waals surface area contributed by atoms with Gasteiger partial charge in [-0.05, 0) is 31.5 Å². The Labute approximate surface area is 129 Å². The Morgan fingerprint density at radius 2 is 1.86 bits per heavy atom. The van der Waals surface area contributed by atoms with Crippen molar-refractivity contribution in [2.24, 2.45) is 0 Å². The highest BCUT2D eigenvalue weighted by molar-refractivity contribution is 6.17. The molecule has 2 heterocycles. The Hall–Kier alpha value is -1.87. The van der Waals surface area contributed by atoms with Crippen LogP contribution in [0, 0.1) is 6.92 Å². The maximum absolute atomic E-state index is 5.94. The van der Waals surface area contributed by atoms with Crippen molar-refractivity contribution < 1.29 is 0 Å². The van der Waals surface area contributed by atoms with Crippen LogP contribution in [0.25, 0.3) is 11.2 Å². The molecule has 0 aliphatic rings. The summed E-state index contributed by atoms with van der Waals surface area (Å²) < 4.78 is 2.21. The highest BCUT2D eigenvalue weighted by Crippen LogP contribution is 2.25. The van der Waals surface area contributed by atoms with E-state index in [0.717, 1.165) is 29.1 Å². The summed E-state index contributed by atoms with van der Waals surface area (Å²) in [5.41, 5.74) is 4.12. The molecule has 3 rings (SSSR count). The van der Waals surface area contributed by atoms with Gasteiger partial charge in [-0.3, -0.25) is 0 Å². The van der Waals surface area contributed by atoms with Crippen molar-refractivity contribution >= 4 is 22.8 Å². The predicted molar refractivity (Wildman–Crippen MR) is 86.9 cm³/mol. The number of alkyl halides is 1. The van der Waals surface area contributed by atoms with E-state index in [2.05, 4.69) is 40.7 Å². The molecule has 0 saturated heterocycles. The summed E-state index contributed by atoms with van der Waals surface area (Å²) in [5.74, 6) is 1.55. The summed E-state index contributed by atoms with van der Waals surface area (Å²) in [6.07, 6.45) is 0.744. The van der Waals surface area contributed by atoms with Gasteiger partial charge in [0.1, 0.15) is 11.3 Å². The molecule has 2 aromatic heterocycles. The molecule has 3 aromatic rings. The van der Waals surface area contributed by atoms with Gasteiger partial charge in [-0.2, -0.15) is 0 Å². The molecule has 0 aliphatic carbocycles. The van der Waals surface area contributed by atoms with Crippen molar-refractivity contribution in [2.75, 3.05) is 5.88 Å². The molecular weight excluding hydrogens is 282 g/mol. The lowest BCUT2D eigenvalue weighted by molar-refractivity contribution is 0.618. The molecule has 0 radical (unpaired) electrons. The third-order valence-electron chi connectivity index (χ3n) is 3.74. The summed E-state index contributed by atoms with van der Waals surface area (Å²) in [6, 6.07) is 14.6. The number of nitrogens with zero attached hydrogens (tertiary/aromatic N) is 3. The molecule has 0 bridgehead atoms. The van der Waals surface area contributed by atoms with Crippen molar-refractivity contribution in [3.05, 3.63) is 59.5 Å². The van der Waals surface area contributed by atoms with E-state index < -0.39 is 0 Å². The second kappa shape index (κ2) is 5.86. The van der Waals surface area contributed by atoms with Gasteiger partial charge in [0, 0.05) is 18.0 Å². The van der Waals surface area contributed by atoms with Crippen LogP contribution < -0.4 is 0 Å². The fraction of sp³-hybridized carbons (Fsp3) is 0.294. The fourth-order valence-electron chi connectivity index (χ4n) is 2.66. The maximum Gasteiger partial charge on any atom is 0.160 e. The molecular formula is C17H18ClN3. The van der Waals surface area contributed by atoms with Crippen LogP contribution in [0.1, 0.15) is 30.0 Å². The van der Waals surface area contributed by atoms with E-state index in [-0.39, 0.29) is 6.04 Å².